The zero-order chi connectivity index (χ0) is 6.74. The summed E-state index contributed by atoms with van der Waals surface area (Å²) in [6, 6.07) is 0. The van der Waals surface area contributed by atoms with Crippen molar-refractivity contribution in [1.82, 2.24) is 0 Å². The molecule has 9 heavy (non-hydrogen) atoms. The van der Waals surface area contributed by atoms with Gasteiger partial charge in [-0.05, 0) is 13.3 Å². The minimum Gasteiger partial charge on any atom is -0.348 e. The Balaban J connectivity index is 2.32. The van der Waals surface area contributed by atoms with E-state index in [9.17, 15) is 0 Å². The third kappa shape index (κ3) is 1.66. The first-order chi connectivity index (χ1) is 4.27. The molecule has 0 aromatic carbocycles. The van der Waals surface area contributed by atoms with Crippen molar-refractivity contribution in [3.8, 4) is 0 Å². The standard InChI is InChI=1S/C7H13O2/c1-3-4-7(2)8-5-6-9-7/h1,3-6H2,2H3. The number of hydrogen-bond acceptors (Lipinski definition) is 2. The van der Waals surface area contributed by atoms with E-state index in [0.29, 0.717) is 0 Å². The second-order valence-corrected chi connectivity index (χ2v) is 2.43. The molecule has 1 heterocycles. The fraction of sp³-hybridized carbons (Fsp3) is 0.857. The van der Waals surface area contributed by atoms with Gasteiger partial charge in [-0.3, -0.25) is 0 Å². The maximum atomic E-state index is 5.32. The molecule has 53 valence electrons. The lowest BCUT2D eigenvalue weighted by molar-refractivity contribution is -0.145. The average Bonchev–Trinajstić information content (AvgIpc) is 2.16. The molecule has 0 amide bonds. The Hall–Kier alpha value is -0.0800. The van der Waals surface area contributed by atoms with Gasteiger partial charge in [-0.2, -0.15) is 0 Å². The van der Waals surface area contributed by atoms with E-state index in [1.165, 1.54) is 0 Å². The van der Waals surface area contributed by atoms with E-state index in [0.717, 1.165) is 26.1 Å². The molecular weight excluding hydrogens is 116 g/mol. The maximum absolute atomic E-state index is 5.32. The molecule has 0 aromatic heterocycles. The van der Waals surface area contributed by atoms with Gasteiger partial charge in [0.1, 0.15) is 0 Å². The highest BCUT2D eigenvalue weighted by Gasteiger charge is 2.29. The minimum absolute atomic E-state index is 0.318. The molecule has 0 N–H and O–H groups in total. The molecule has 1 aliphatic heterocycles. The van der Waals surface area contributed by atoms with Gasteiger partial charge >= 0.3 is 0 Å². The van der Waals surface area contributed by atoms with Crippen molar-refractivity contribution in [3.05, 3.63) is 6.92 Å². The van der Waals surface area contributed by atoms with Crippen LogP contribution in [0.5, 0.6) is 0 Å². The van der Waals surface area contributed by atoms with Gasteiger partial charge in [0.25, 0.3) is 0 Å². The number of hydrogen-bond donors (Lipinski definition) is 0. The van der Waals surface area contributed by atoms with Gasteiger partial charge < -0.3 is 9.47 Å². The highest BCUT2D eigenvalue weighted by atomic mass is 16.7. The van der Waals surface area contributed by atoms with E-state index in [4.69, 9.17) is 9.47 Å². The van der Waals surface area contributed by atoms with Gasteiger partial charge in [-0.1, -0.05) is 6.92 Å². The van der Waals surface area contributed by atoms with Crippen molar-refractivity contribution in [2.45, 2.75) is 25.6 Å². The van der Waals surface area contributed by atoms with Crippen molar-refractivity contribution >= 4 is 0 Å². The largest absolute Gasteiger partial charge is 0.348 e. The Morgan fingerprint density at radius 3 is 2.44 bits per heavy atom. The van der Waals surface area contributed by atoms with Crippen molar-refractivity contribution in [1.29, 1.82) is 0 Å². The maximum Gasteiger partial charge on any atom is 0.165 e. The quantitative estimate of drug-likeness (QED) is 0.560. The third-order valence-electron chi connectivity index (χ3n) is 1.53. The second-order valence-electron chi connectivity index (χ2n) is 2.43. The third-order valence-corrected chi connectivity index (χ3v) is 1.53. The average molecular weight is 129 g/mol. The van der Waals surface area contributed by atoms with Crippen LogP contribution in [0.1, 0.15) is 19.8 Å². The smallest absolute Gasteiger partial charge is 0.165 e. The fourth-order valence-electron chi connectivity index (χ4n) is 1.02. The molecule has 0 aromatic rings. The summed E-state index contributed by atoms with van der Waals surface area (Å²) in [5.41, 5.74) is 0. The second kappa shape index (κ2) is 2.67. The highest BCUT2D eigenvalue weighted by Crippen LogP contribution is 2.23. The van der Waals surface area contributed by atoms with Gasteiger partial charge in [0.2, 0.25) is 0 Å². The van der Waals surface area contributed by atoms with Gasteiger partial charge in [-0.25, -0.2) is 0 Å². The van der Waals surface area contributed by atoms with Crippen molar-refractivity contribution in [2.75, 3.05) is 13.2 Å². The van der Waals surface area contributed by atoms with E-state index < -0.39 is 0 Å². The highest BCUT2D eigenvalue weighted by molar-refractivity contribution is 4.67. The zero-order valence-corrected chi connectivity index (χ0v) is 5.85. The molecule has 0 saturated carbocycles. The lowest BCUT2D eigenvalue weighted by Crippen LogP contribution is -2.24. The van der Waals surface area contributed by atoms with E-state index >= 15 is 0 Å². The summed E-state index contributed by atoms with van der Waals surface area (Å²) >= 11 is 0. The zero-order valence-electron chi connectivity index (χ0n) is 5.85. The lowest BCUT2D eigenvalue weighted by Gasteiger charge is -2.20. The topological polar surface area (TPSA) is 18.5 Å². The van der Waals surface area contributed by atoms with Crippen LogP contribution in [-0.2, 0) is 9.47 Å². The number of rotatable bonds is 2. The molecule has 0 aliphatic carbocycles. The van der Waals surface area contributed by atoms with Crippen LogP contribution in [0.25, 0.3) is 0 Å². The monoisotopic (exact) mass is 129 g/mol. The minimum atomic E-state index is -0.318. The first-order valence-corrected chi connectivity index (χ1v) is 3.34. The Kier molecular flexibility index (Phi) is 2.09. The summed E-state index contributed by atoms with van der Waals surface area (Å²) in [7, 11) is 0. The van der Waals surface area contributed by atoms with Crippen LogP contribution >= 0.6 is 0 Å². The molecular formula is C7H13O2. The predicted octanol–water partition coefficient (Wildman–Crippen LogP) is 1.36. The number of ether oxygens (including phenoxy) is 2. The van der Waals surface area contributed by atoms with Crippen molar-refractivity contribution in [2.24, 2.45) is 0 Å². The molecule has 1 radical (unpaired) electrons. The fourth-order valence-corrected chi connectivity index (χ4v) is 1.02. The van der Waals surface area contributed by atoms with Crippen LogP contribution in [0.15, 0.2) is 0 Å². The molecule has 1 aliphatic rings. The first-order valence-electron chi connectivity index (χ1n) is 3.34. The molecule has 1 rings (SSSR count). The van der Waals surface area contributed by atoms with Crippen LogP contribution in [-0.4, -0.2) is 19.0 Å². The van der Waals surface area contributed by atoms with Crippen LogP contribution in [0.3, 0.4) is 0 Å². The normalized spacial score (nSPS) is 24.7. The lowest BCUT2D eigenvalue weighted by atomic mass is 10.2. The molecule has 0 unspecified atom stereocenters. The summed E-state index contributed by atoms with van der Waals surface area (Å²) < 4.78 is 10.6. The Labute approximate surface area is 56.2 Å². The Morgan fingerprint density at radius 2 is 2.00 bits per heavy atom. The van der Waals surface area contributed by atoms with E-state index in [2.05, 4.69) is 6.92 Å². The Bertz CT molecular complexity index is 84.9. The molecule has 0 spiro atoms. The van der Waals surface area contributed by atoms with Crippen LogP contribution in [0.2, 0.25) is 0 Å². The van der Waals surface area contributed by atoms with Gasteiger partial charge in [-0.15, -0.1) is 0 Å². The summed E-state index contributed by atoms with van der Waals surface area (Å²) in [5, 5.41) is 0. The van der Waals surface area contributed by atoms with Crippen LogP contribution < -0.4 is 0 Å². The molecule has 0 atom stereocenters. The summed E-state index contributed by atoms with van der Waals surface area (Å²) in [5.74, 6) is -0.318. The van der Waals surface area contributed by atoms with E-state index in [-0.39, 0.29) is 5.79 Å². The van der Waals surface area contributed by atoms with Crippen molar-refractivity contribution < 1.29 is 9.47 Å². The van der Waals surface area contributed by atoms with Gasteiger partial charge in [0.15, 0.2) is 5.79 Å². The summed E-state index contributed by atoms with van der Waals surface area (Å²) in [6.45, 7) is 7.16. The summed E-state index contributed by atoms with van der Waals surface area (Å²) in [4.78, 5) is 0. The summed E-state index contributed by atoms with van der Waals surface area (Å²) in [6.07, 6.45) is 1.77. The van der Waals surface area contributed by atoms with Crippen LogP contribution in [0, 0.1) is 6.92 Å². The first kappa shape index (κ1) is 7.03. The molecule has 1 fully saturated rings. The van der Waals surface area contributed by atoms with E-state index in [1.54, 1.807) is 0 Å². The van der Waals surface area contributed by atoms with Gasteiger partial charge in [0.05, 0.1) is 13.2 Å². The Morgan fingerprint density at radius 1 is 1.44 bits per heavy atom. The SMILES string of the molecule is [CH2]CCC1(C)OCCO1. The molecule has 2 heteroatoms. The molecule has 2 nitrogen and oxygen atoms in total. The van der Waals surface area contributed by atoms with Gasteiger partial charge in [0, 0.05) is 6.42 Å². The van der Waals surface area contributed by atoms with Crippen LogP contribution in [0.4, 0.5) is 0 Å². The predicted molar refractivity (Wildman–Crippen MR) is 34.9 cm³/mol. The van der Waals surface area contributed by atoms with Crippen molar-refractivity contribution in [3.63, 3.8) is 0 Å². The molecule has 1 saturated heterocycles. The van der Waals surface area contributed by atoms with E-state index in [1.807, 2.05) is 6.92 Å². The molecule has 0 bridgehead atoms.